The number of rotatable bonds is 3. The summed E-state index contributed by atoms with van der Waals surface area (Å²) in [6.07, 6.45) is 2.64. The van der Waals surface area contributed by atoms with Crippen LogP contribution >= 0.6 is 0 Å². The van der Waals surface area contributed by atoms with E-state index < -0.39 is 0 Å². The van der Waals surface area contributed by atoms with Crippen molar-refractivity contribution in [2.45, 2.75) is 13.3 Å². The second-order valence-corrected chi connectivity index (χ2v) is 4.21. The summed E-state index contributed by atoms with van der Waals surface area (Å²) in [7, 11) is 1.83. The summed E-state index contributed by atoms with van der Waals surface area (Å²) < 4.78 is 6.96. The van der Waals surface area contributed by atoms with E-state index in [1.807, 2.05) is 14.0 Å². The van der Waals surface area contributed by atoms with Crippen LogP contribution in [0.3, 0.4) is 0 Å². The van der Waals surface area contributed by atoms with E-state index in [9.17, 15) is 4.79 Å². The topological polar surface area (TPSA) is 56.1 Å². The van der Waals surface area contributed by atoms with Crippen molar-refractivity contribution in [1.82, 2.24) is 15.1 Å². The summed E-state index contributed by atoms with van der Waals surface area (Å²) in [4.78, 5) is 11.8. The molecule has 0 unspecified atom stereocenters. The van der Waals surface area contributed by atoms with Crippen LogP contribution in [-0.2, 0) is 11.8 Å². The van der Waals surface area contributed by atoms with E-state index in [-0.39, 0.29) is 5.91 Å². The number of hydrogen-bond acceptors (Lipinski definition) is 3. The molecule has 1 aliphatic heterocycles. The summed E-state index contributed by atoms with van der Waals surface area (Å²) in [5.74, 6) is 0.415. The third-order valence-corrected chi connectivity index (χ3v) is 3.06. The first-order valence-corrected chi connectivity index (χ1v) is 5.53. The van der Waals surface area contributed by atoms with Gasteiger partial charge >= 0.3 is 0 Å². The predicted molar refractivity (Wildman–Crippen MR) is 59.2 cm³/mol. The molecule has 1 aromatic heterocycles. The number of nitrogens with zero attached hydrogens (tertiary/aromatic N) is 2. The second-order valence-electron chi connectivity index (χ2n) is 4.21. The maximum absolute atomic E-state index is 11.8. The van der Waals surface area contributed by atoms with Gasteiger partial charge < -0.3 is 10.1 Å². The van der Waals surface area contributed by atoms with Gasteiger partial charge in [0.1, 0.15) is 0 Å². The zero-order valence-corrected chi connectivity index (χ0v) is 9.69. The minimum absolute atomic E-state index is 0.0440. The Bertz CT molecular complexity index is 381. The maximum Gasteiger partial charge on any atom is 0.254 e. The van der Waals surface area contributed by atoms with Crippen molar-refractivity contribution in [3.05, 3.63) is 17.5 Å². The van der Waals surface area contributed by atoms with Crippen molar-refractivity contribution in [3.8, 4) is 0 Å². The van der Waals surface area contributed by atoms with Crippen molar-refractivity contribution in [3.63, 3.8) is 0 Å². The summed E-state index contributed by atoms with van der Waals surface area (Å²) in [6, 6.07) is 0. The van der Waals surface area contributed by atoms with Gasteiger partial charge in [-0.3, -0.25) is 9.48 Å². The fourth-order valence-corrected chi connectivity index (χ4v) is 1.80. The molecule has 2 rings (SSSR count). The van der Waals surface area contributed by atoms with Crippen molar-refractivity contribution >= 4 is 5.91 Å². The quantitative estimate of drug-likeness (QED) is 0.811. The van der Waals surface area contributed by atoms with Crippen LogP contribution in [0, 0.1) is 12.8 Å². The number of aryl methyl sites for hydroxylation is 1. The van der Waals surface area contributed by atoms with Crippen LogP contribution < -0.4 is 5.32 Å². The maximum atomic E-state index is 11.8. The SMILES string of the molecule is Cc1c(C(=O)NC[C@@H]2CCOC2)cnn1C. The minimum atomic E-state index is -0.0440. The Labute approximate surface area is 94.8 Å². The van der Waals surface area contributed by atoms with E-state index >= 15 is 0 Å². The zero-order chi connectivity index (χ0) is 11.5. The molecule has 1 saturated heterocycles. The highest BCUT2D eigenvalue weighted by molar-refractivity contribution is 5.94. The normalized spacial score (nSPS) is 20.0. The number of amides is 1. The summed E-state index contributed by atoms with van der Waals surface area (Å²) in [5.41, 5.74) is 1.54. The highest BCUT2D eigenvalue weighted by atomic mass is 16.5. The molecule has 5 heteroatoms. The number of hydrogen-bond donors (Lipinski definition) is 1. The van der Waals surface area contributed by atoms with E-state index in [1.54, 1.807) is 10.9 Å². The van der Waals surface area contributed by atoms with Crippen LogP contribution in [0.25, 0.3) is 0 Å². The third-order valence-electron chi connectivity index (χ3n) is 3.06. The highest BCUT2D eigenvalue weighted by Gasteiger charge is 2.18. The molecule has 2 heterocycles. The Kier molecular flexibility index (Phi) is 3.24. The van der Waals surface area contributed by atoms with Gasteiger partial charge in [0.2, 0.25) is 0 Å². The molecule has 88 valence electrons. The fourth-order valence-electron chi connectivity index (χ4n) is 1.80. The van der Waals surface area contributed by atoms with E-state index in [0.717, 1.165) is 25.3 Å². The van der Waals surface area contributed by atoms with Crippen molar-refractivity contribution in [2.24, 2.45) is 13.0 Å². The van der Waals surface area contributed by atoms with Crippen LogP contribution in [0.2, 0.25) is 0 Å². The lowest BCUT2D eigenvalue weighted by atomic mass is 10.1. The van der Waals surface area contributed by atoms with Gasteiger partial charge in [0.25, 0.3) is 5.91 Å². The molecule has 0 aliphatic carbocycles. The van der Waals surface area contributed by atoms with Crippen LogP contribution in [0.4, 0.5) is 0 Å². The predicted octanol–water partition coefficient (Wildman–Crippen LogP) is 0.495. The van der Waals surface area contributed by atoms with Crippen LogP contribution in [0.15, 0.2) is 6.20 Å². The molecule has 0 radical (unpaired) electrons. The Morgan fingerprint density at radius 3 is 3.12 bits per heavy atom. The molecule has 1 amide bonds. The lowest BCUT2D eigenvalue weighted by molar-refractivity contribution is 0.0944. The third kappa shape index (κ3) is 2.24. The first-order valence-electron chi connectivity index (χ1n) is 5.53. The Morgan fingerprint density at radius 1 is 1.75 bits per heavy atom. The van der Waals surface area contributed by atoms with Crippen LogP contribution in [0.1, 0.15) is 22.5 Å². The number of ether oxygens (including phenoxy) is 1. The minimum Gasteiger partial charge on any atom is -0.381 e. The van der Waals surface area contributed by atoms with E-state index in [1.165, 1.54) is 0 Å². The average molecular weight is 223 g/mol. The van der Waals surface area contributed by atoms with Gasteiger partial charge in [-0.1, -0.05) is 0 Å². The van der Waals surface area contributed by atoms with Crippen molar-refractivity contribution in [2.75, 3.05) is 19.8 Å². The van der Waals surface area contributed by atoms with E-state index in [4.69, 9.17) is 4.74 Å². The Balaban J connectivity index is 1.90. The van der Waals surface area contributed by atoms with Gasteiger partial charge in [0.15, 0.2) is 0 Å². The average Bonchev–Trinajstić information content (AvgIpc) is 2.88. The van der Waals surface area contributed by atoms with Crippen LogP contribution in [-0.4, -0.2) is 35.4 Å². The van der Waals surface area contributed by atoms with Gasteiger partial charge in [-0.05, 0) is 13.3 Å². The van der Waals surface area contributed by atoms with Crippen LogP contribution in [0.5, 0.6) is 0 Å². The number of carbonyl (C=O) groups excluding carboxylic acids is 1. The molecule has 0 spiro atoms. The standard InChI is InChI=1S/C11H17N3O2/c1-8-10(6-13-14(8)2)11(15)12-5-9-3-4-16-7-9/h6,9H,3-5,7H2,1-2H3,(H,12,15)/t9-/m0/s1. The van der Waals surface area contributed by atoms with Gasteiger partial charge in [-0.2, -0.15) is 5.10 Å². The van der Waals surface area contributed by atoms with Crippen molar-refractivity contribution in [1.29, 1.82) is 0 Å². The molecule has 1 N–H and O–H groups in total. The largest absolute Gasteiger partial charge is 0.381 e. The molecular weight excluding hydrogens is 206 g/mol. The molecule has 0 bridgehead atoms. The highest BCUT2D eigenvalue weighted by Crippen LogP contribution is 2.11. The number of nitrogens with one attached hydrogen (secondary N) is 1. The molecule has 0 saturated carbocycles. The lowest BCUT2D eigenvalue weighted by Gasteiger charge is -2.08. The van der Waals surface area contributed by atoms with Gasteiger partial charge in [0, 0.05) is 31.8 Å². The molecule has 1 fully saturated rings. The first kappa shape index (κ1) is 11.1. The zero-order valence-electron chi connectivity index (χ0n) is 9.69. The smallest absolute Gasteiger partial charge is 0.254 e. The molecular formula is C11H17N3O2. The molecule has 1 atom stereocenters. The first-order chi connectivity index (χ1) is 7.68. The summed E-state index contributed by atoms with van der Waals surface area (Å²) in [5, 5.41) is 6.97. The number of aromatic nitrogens is 2. The lowest BCUT2D eigenvalue weighted by Crippen LogP contribution is -2.29. The number of carbonyl (C=O) groups is 1. The molecule has 5 nitrogen and oxygen atoms in total. The van der Waals surface area contributed by atoms with Gasteiger partial charge in [-0.15, -0.1) is 0 Å². The fraction of sp³-hybridized carbons (Fsp3) is 0.636. The molecule has 16 heavy (non-hydrogen) atoms. The molecule has 1 aromatic rings. The summed E-state index contributed by atoms with van der Waals surface area (Å²) in [6.45, 7) is 4.15. The van der Waals surface area contributed by atoms with Gasteiger partial charge in [0.05, 0.1) is 18.4 Å². The van der Waals surface area contributed by atoms with E-state index in [0.29, 0.717) is 18.0 Å². The molecule has 0 aromatic carbocycles. The monoisotopic (exact) mass is 223 g/mol. The summed E-state index contributed by atoms with van der Waals surface area (Å²) >= 11 is 0. The van der Waals surface area contributed by atoms with E-state index in [2.05, 4.69) is 10.4 Å². The van der Waals surface area contributed by atoms with Gasteiger partial charge in [-0.25, -0.2) is 0 Å². The second kappa shape index (κ2) is 4.65. The Hall–Kier alpha value is -1.36. The Morgan fingerprint density at radius 2 is 2.56 bits per heavy atom. The molecule has 1 aliphatic rings. The van der Waals surface area contributed by atoms with Crippen molar-refractivity contribution < 1.29 is 9.53 Å².